The van der Waals surface area contributed by atoms with E-state index in [9.17, 15) is 9.59 Å². The van der Waals surface area contributed by atoms with Crippen LogP contribution in [-0.4, -0.2) is 11.9 Å². The van der Waals surface area contributed by atoms with Gasteiger partial charge in [-0.3, -0.25) is 4.79 Å². The second-order valence-electron chi connectivity index (χ2n) is 12.0. The van der Waals surface area contributed by atoms with Crippen molar-refractivity contribution in [2.45, 2.75) is 206 Å². The Bertz CT molecular complexity index is 560. The van der Waals surface area contributed by atoms with Gasteiger partial charge in [-0.2, -0.15) is 5.48 Å². The zero-order valence-corrected chi connectivity index (χ0v) is 27.1. The van der Waals surface area contributed by atoms with Gasteiger partial charge in [-0.15, -0.1) is 0 Å². The highest BCUT2D eigenvalue weighted by Gasteiger charge is 2.07. The Morgan fingerprint density at radius 3 is 1.18 bits per heavy atom. The van der Waals surface area contributed by atoms with E-state index in [4.69, 9.17) is 4.84 Å². The Hall–Kier alpha value is -1.32. The number of hydrogen-bond acceptors (Lipinski definition) is 3. The lowest BCUT2D eigenvalue weighted by atomic mass is 10.0. The molecule has 40 heavy (non-hydrogen) atoms. The van der Waals surface area contributed by atoms with E-state index in [1.165, 1.54) is 148 Å². The lowest BCUT2D eigenvalue weighted by molar-refractivity contribution is -0.158. The first-order chi connectivity index (χ1) is 19.7. The van der Waals surface area contributed by atoms with E-state index in [1.54, 1.807) is 0 Å². The van der Waals surface area contributed by atoms with E-state index in [-0.39, 0.29) is 11.9 Å². The molecule has 0 aromatic carbocycles. The summed E-state index contributed by atoms with van der Waals surface area (Å²) in [6.07, 6.45) is 41.2. The van der Waals surface area contributed by atoms with Crippen LogP contribution in [0, 0.1) is 0 Å². The molecule has 1 N–H and O–H groups in total. The smallest absolute Gasteiger partial charge is 0.332 e. The van der Waals surface area contributed by atoms with Crippen molar-refractivity contribution in [3.63, 3.8) is 0 Å². The van der Waals surface area contributed by atoms with Crippen molar-refractivity contribution in [1.29, 1.82) is 0 Å². The molecule has 0 aliphatic rings. The molecule has 4 heteroatoms. The number of carbonyl (C=O) groups excluding carboxylic acids is 2. The molecule has 0 aliphatic carbocycles. The molecule has 1 amide bonds. The van der Waals surface area contributed by atoms with Crippen molar-refractivity contribution in [1.82, 2.24) is 5.48 Å². The lowest BCUT2D eigenvalue weighted by Gasteiger charge is -2.06. The van der Waals surface area contributed by atoms with Gasteiger partial charge in [-0.1, -0.05) is 167 Å². The summed E-state index contributed by atoms with van der Waals surface area (Å²) in [7, 11) is 0. The van der Waals surface area contributed by atoms with Gasteiger partial charge in [0.2, 0.25) is 0 Å². The average Bonchev–Trinajstić information content (AvgIpc) is 2.96. The summed E-state index contributed by atoms with van der Waals surface area (Å²) in [6, 6.07) is 0. The summed E-state index contributed by atoms with van der Waals surface area (Å²) >= 11 is 0. The number of nitrogens with one attached hydrogen (secondary N) is 1. The number of hydroxylamine groups is 1. The topological polar surface area (TPSA) is 55.4 Å². The van der Waals surface area contributed by atoms with E-state index in [2.05, 4.69) is 31.5 Å². The van der Waals surface area contributed by atoms with Gasteiger partial charge in [-0.25, -0.2) is 4.79 Å². The summed E-state index contributed by atoms with van der Waals surface area (Å²) in [5.74, 6) is -0.491. The third kappa shape index (κ3) is 32.9. The van der Waals surface area contributed by atoms with Gasteiger partial charge < -0.3 is 4.84 Å². The Morgan fingerprint density at radius 2 is 0.775 bits per heavy atom. The van der Waals surface area contributed by atoms with Crippen molar-refractivity contribution in [3.05, 3.63) is 12.2 Å². The average molecular weight is 564 g/mol. The number of allylic oxidation sites excluding steroid dienone is 2. The minimum atomic E-state index is -0.317. The zero-order valence-electron chi connectivity index (χ0n) is 27.1. The molecule has 0 unspecified atom stereocenters. The van der Waals surface area contributed by atoms with Gasteiger partial charge in [0.1, 0.15) is 0 Å². The molecule has 236 valence electrons. The predicted molar refractivity (Wildman–Crippen MR) is 173 cm³/mol. The highest BCUT2D eigenvalue weighted by molar-refractivity contribution is 5.77. The molecule has 0 atom stereocenters. The number of unbranched alkanes of at least 4 members (excludes halogenated alkanes) is 25. The van der Waals surface area contributed by atoms with Crippen LogP contribution in [0.1, 0.15) is 206 Å². The first kappa shape index (κ1) is 38.7. The molecule has 0 aromatic heterocycles. The Morgan fingerprint density at radius 1 is 0.450 bits per heavy atom. The van der Waals surface area contributed by atoms with Gasteiger partial charge in [-0.05, 0) is 38.5 Å². The maximum Gasteiger partial charge on any atom is 0.332 e. The second kappa shape index (κ2) is 33.9. The Kier molecular flexibility index (Phi) is 32.8. The first-order valence-corrected chi connectivity index (χ1v) is 17.8. The fraction of sp³-hybridized carbons (Fsp3) is 0.889. The van der Waals surface area contributed by atoms with E-state index in [0.29, 0.717) is 12.8 Å². The van der Waals surface area contributed by atoms with Crippen LogP contribution in [0.3, 0.4) is 0 Å². The van der Waals surface area contributed by atoms with Gasteiger partial charge in [0.25, 0.3) is 5.91 Å². The lowest BCUT2D eigenvalue weighted by Crippen LogP contribution is -2.26. The van der Waals surface area contributed by atoms with Gasteiger partial charge >= 0.3 is 5.97 Å². The standard InChI is InChI=1S/C36H69NO3/c1-3-5-7-9-11-13-15-17-19-21-23-25-27-29-31-33-35(38)37-40-36(39)34-32-30-28-26-24-22-20-18-16-14-12-10-8-6-4-2/h18,20H,3-17,19,21-34H2,1-2H3,(H,37,38)/b20-18-. The maximum atomic E-state index is 11.9. The molecule has 0 saturated carbocycles. The van der Waals surface area contributed by atoms with Crippen LogP contribution in [0.15, 0.2) is 12.2 Å². The summed E-state index contributed by atoms with van der Waals surface area (Å²) in [5.41, 5.74) is 2.34. The van der Waals surface area contributed by atoms with Gasteiger partial charge in [0.15, 0.2) is 0 Å². The Labute approximate surface area is 250 Å². The fourth-order valence-electron chi connectivity index (χ4n) is 5.21. The van der Waals surface area contributed by atoms with E-state index < -0.39 is 0 Å². The first-order valence-electron chi connectivity index (χ1n) is 17.8. The summed E-state index contributed by atoms with van der Waals surface area (Å²) < 4.78 is 0. The summed E-state index contributed by atoms with van der Waals surface area (Å²) in [6.45, 7) is 4.54. The molecule has 0 fully saturated rings. The van der Waals surface area contributed by atoms with Crippen molar-refractivity contribution in [2.24, 2.45) is 0 Å². The van der Waals surface area contributed by atoms with E-state index >= 15 is 0 Å². The van der Waals surface area contributed by atoms with E-state index in [0.717, 1.165) is 32.1 Å². The highest BCUT2D eigenvalue weighted by atomic mass is 16.7. The zero-order chi connectivity index (χ0) is 29.2. The van der Waals surface area contributed by atoms with Crippen LogP contribution < -0.4 is 5.48 Å². The molecule has 4 nitrogen and oxygen atoms in total. The fourth-order valence-corrected chi connectivity index (χ4v) is 5.21. The summed E-state index contributed by atoms with van der Waals surface area (Å²) in [5, 5.41) is 0. The van der Waals surface area contributed by atoms with Crippen molar-refractivity contribution in [2.75, 3.05) is 0 Å². The van der Waals surface area contributed by atoms with Crippen molar-refractivity contribution in [3.8, 4) is 0 Å². The highest BCUT2D eigenvalue weighted by Crippen LogP contribution is 2.14. The molecule has 0 aromatic rings. The molecule has 0 radical (unpaired) electrons. The van der Waals surface area contributed by atoms with Crippen LogP contribution >= 0.6 is 0 Å². The van der Waals surface area contributed by atoms with Crippen LogP contribution in [-0.2, 0) is 14.4 Å². The molecular formula is C36H69NO3. The maximum absolute atomic E-state index is 11.9. The number of hydrogen-bond donors (Lipinski definition) is 1. The number of amides is 1. The van der Waals surface area contributed by atoms with Crippen LogP contribution in [0.25, 0.3) is 0 Å². The Balaban J connectivity index is 3.31. The van der Waals surface area contributed by atoms with Crippen molar-refractivity contribution >= 4 is 11.9 Å². The van der Waals surface area contributed by atoms with E-state index in [1.807, 2.05) is 0 Å². The molecule has 0 heterocycles. The van der Waals surface area contributed by atoms with Crippen LogP contribution in [0.2, 0.25) is 0 Å². The number of rotatable bonds is 31. The van der Waals surface area contributed by atoms with Gasteiger partial charge in [0, 0.05) is 12.8 Å². The minimum Gasteiger partial charge on any atom is -0.341 e. The molecule has 0 spiro atoms. The third-order valence-electron chi connectivity index (χ3n) is 7.93. The molecular weight excluding hydrogens is 494 g/mol. The number of carbonyl (C=O) groups is 2. The van der Waals surface area contributed by atoms with Crippen LogP contribution in [0.4, 0.5) is 0 Å². The van der Waals surface area contributed by atoms with Crippen molar-refractivity contribution < 1.29 is 14.4 Å². The third-order valence-corrected chi connectivity index (χ3v) is 7.93. The predicted octanol–water partition coefficient (Wildman–Crippen LogP) is 11.9. The minimum absolute atomic E-state index is 0.174. The van der Waals surface area contributed by atoms with Crippen LogP contribution in [0.5, 0.6) is 0 Å². The normalized spacial score (nSPS) is 11.3. The molecule has 0 saturated heterocycles. The largest absolute Gasteiger partial charge is 0.341 e. The molecule has 0 aliphatic heterocycles. The van der Waals surface area contributed by atoms with Gasteiger partial charge in [0.05, 0.1) is 0 Å². The quantitative estimate of drug-likeness (QED) is 0.0518. The monoisotopic (exact) mass is 564 g/mol. The summed E-state index contributed by atoms with van der Waals surface area (Å²) in [4.78, 5) is 28.7. The molecule has 0 bridgehead atoms. The second-order valence-corrected chi connectivity index (χ2v) is 12.0. The SMILES string of the molecule is CCCCCCCC/C=C\CCCCCCCC(=O)ONC(=O)CCCCCCCCCCCCCCCCC. The molecule has 0 rings (SSSR count).